The second-order valence-corrected chi connectivity index (χ2v) is 8.82. The minimum Gasteiger partial charge on any atom is -0.508 e. The van der Waals surface area contributed by atoms with Gasteiger partial charge in [-0.25, -0.2) is 0 Å². The molecular formula is C22H41NO. The highest BCUT2D eigenvalue weighted by Gasteiger charge is 2.26. The first-order chi connectivity index (χ1) is 11.1. The van der Waals surface area contributed by atoms with Crippen molar-refractivity contribution >= 4 is 0 Å². The van der Waals surface area contributed by atoms with Gasteiger partial charge in [0.05, 0.1) is 0 Å². The number of unbranched alkanes of at least 4 members (excludes halogenated alkanes) is 1. The Kier molecular flexibility index (Phi) is 10.3. The Labute approximate surface area is 150 Å². The smallest absolute Gasteiger partial charge is 0.115 e. The third kappa shape index (κ3) is 9.97. The van der Waals surface area contributed by atoms with Crippen LogP contribution in [-0.2, 0) is 5.41 Å². The number of hydrogen-bond donors (Lipinski definition) is 2. The summed E-state index contributed by atoms with van der Waals surface area (Å²) in [6.45, 7) is 16.6. The van der Waals surface area contributed by atoms with Crippen molar-refractivity contribution in [2.24, 2.45) is 17.1 Å². The molecular weight excluding hydrogens is 294 g/mol. The number of hydrogen-bond acceptors (Lipinski definition) is 2. The van der Waals surface area contributed by atoms with Crippen LogP contribution in [0.25, 0.3) is 0 Å². The molecule has 1 unspecified atom stereocenters. The number of aromatic hydroxyl groups is 1. The van der Waals surface area contributed by atoms with Crippen LogP contribution in [0.2, 0.25) is 0 Å². The summed E-state index contributed by atoms with van der Waals surface area (Å²) in [7, 11) is 0. The summed E-state index contributed by atoms with van der Waals surface area (Å²) >= 11 is 0. The average Bonchev–Trinajstić information content (AvgIpc) is 2.47. The maximum Gasteiger partial charge on any atom is 0.115 e. The summed E-state index contributed by atoms with van der Waals surface area (Å²) in [6, 6.07) is 7.56. The molecule has 0 aliphatic heterocycles. The fourth-order valence-electron chi connectivity index (χ4n) is 3.32. The summed E-state index contributed by atoms with van der Waals surface area (Å²) in [5, 5.41) is 9.25. The molecule has 0 aromatic heterocycles. The zero-order chi connectivity index (χ0) is 18.8. The normalized spacial score (nSPS) is 13.2. The van der Waals surface area contributed by atoms with Gasteiger partial charge in [-0.3, -0.25) is 0 Å². The van der Waals surface area contributed by atoms with E-state index in [0.717, 1.165) is 18.9 Å². The van der Waals surface area contributed by atoms with Gasteiger partial charge in [0, 0.05) is 0 Å². The maximum atomic E-state index is 9.25. The average molecular weight is 336 g/mol. The third-order valence-electron chi connectivity index (χ3n) is 4.50. The van der Waals surface area contributed by atoms with Crippen LogP contribution >= 0.6 is 0 Å². The lowest BCUT2D eigenvalue weighted by Gasteiger charge is -2.33. The van der Waals surface area contributed by atoms with E-state index in [1.54, 1.807) is 12.1 Å². The molecule has 1 aromatic carbocycles. The molecule has 0 spiro atoms. The molecule has 2 nitrogen and oxygen atoms in total. The van der Waals surface area contributed by atoms with E-state index < -0.39 is 0 Å². The SMILES string of the molecule is CC(C)(C)CC(C)(C)c1ccc(O)cc1.CCCCC(CC)CN. The first-order valence-electron chi connectivity index (χ1n) is 9.55. The van der Waals surface area contributed by atoms with Crippen molar-refractivity contribution in [2.75, 3.05) is 6.54 Å². The first-order valence-corrected chi connectivity index (χ1v) is 9.55. The predicted octanol–water partition coefficient (Wildman–Crippen LogP) is 6.27. The van der Waals surface area contributed by atoms with E-state index in [-0.39, 0.29) is 5.41 Å². The molecule has 0 heterocycles. The monoisotopic (exact) mass is 335 g/mol. The molecule has 0 saturated carbocycles. The van der Waals surface area contributed by atoms with Crippen molar-refractivity contribution in [3.8, 4) is 5.75 Å². The van der Waals surface area contributed by atoms with Gasteiger partial charge in [-0.05, 0) is 53.8 Å². The highest BCUT2D eigenvalue weighted by atomic mass is 16.3. The van der Waals surface area contributed by atoms with E-state index in [9.17, 15) is 5.11 Å². The minimum absolute atomic E-state index is 0.159. The summed E-state index contributed by atoms with van der Waals surface area (Å²) in [4.78, 5) is 0. The van der Waals surface area contributed by atoms with Gasteiger partial charge >= 0.3 is 0 Å². The number of phenolic OH excluding ortho intramolecular Hbond substituents is 1. The molecule has 0 aliphatic rings. The van der Waals surface area contributed by atoms with Crippen molar-refractivity contribution in [3.05, 3.63) is 29.8 Å². The minimum atomic E-state index is 0.159. The Hall–Kier alpha value is -1.02. The third-order valence-corrected chi connectivity index (χ3v) is 4.50. The molecule has 2 heteroatoms. The van der Waals surface area contributed by atoms with Crippen molar-refractivity contribution in [2.45, 2.75) is 86.0 Å². The van der Waals surface area contributed by atoms with Gasteiger partial charge in [0.2, 0.25) is 0 Å². The summed E-state index contributed by atoms with van der Waals surface area (Å²) in [5.74, 6) is 1.12. The Bertz CT molecular complexity index is 424. The molecule has 1 rings (SSSR count). The molecule has 24 heavy (non-hydrogen) atoms. The van der Waals surface area contributed by atoms with Gasteiger partial charge in [0.25, 0.3) is 0 Å². The molecule has 0 saturated heterocycles. The van der Waals surface area contributed by atoms with Gasteiger partial charge in [-0.2, -0.15) is 0 Å². The highest BCUT2D eigenvalue weighted by Crippen LogP contribution is 2.36. The van der Waals surface area contributed by atoms with Crippen molar-refractivity contribution in [1.82, 2.24) is 0 Å². The Balaban J connectivity index is 0.000000506. The molecule has 3 N–H and O–H groups in total. The lowest BCUT2D eigenvalue weighted by Crippen LogP contribution is -2.24. The summed E-state index contributed by atoms with van der Waals surface area (Å²) in [5.41, 5.74) is 7.29. The molecule has 0 fully saturated rings. The number of benzene rings is 1. The van der Waals surface area contributed by atoms with E-state index in [2.05, 4.69) is 48.5 Å². The standard InChI is InChI=1S/C14H22O.C8H19N/c1-13(2,3)10-14(4,5)11-6-8-12(15)9-7-11;1-3-5-6-8(4-2)7-9/h6-9,15H,10H2,1-5H3;8H,3-7,9H2,1-2H3. The lowest BCUT2D eigenvalue weighted by molar-refractivity contribution is 0.284. The van der Waals surface area contributed by atoms with Gasteiger partial charge in [-0.1, -0.05) is 79.9 Å². The van der Waals surface area contributed by atoms with Gasteiger partial charge < -0.3 is 10.8 Å². The fourth-order valence-corrected chi connectivity index (χ4v) is 3.32. The van der Waals surface area contributed by atoms with E-state index >= 15 is 0 Å². The molecule has 0 radical (unpaired) electrons. The Morgan fingerprint density at radius 2 is 1.54 bits per heavy atom. The van der Waals surface area contributed by atoms with Crippen molar-refractivity contribution in [3.63, 3.8) is 0 Å². The number of phenols is 1. The molecule has 0 aliphatic carbocycles. The quantitative estimate of drug-likeness (QED) is 0.617. The van der Waals surface area contributed by atoms with Crippen LogP contribution in [0.5, 0.6) is 5.75 Å². The van der Waals surface area contributed by atoms with Crippen LogP contribution in [-0.4, -0.2) is 11.7 Å². The Morgan fingerprint density at radius 3 is 1.92 bits per heavy atom. The van der Waals surface area contributed by atoms with Crippen LogP contribution in [0.1, 0.15) is 86.1 Å². The van der Waals surface area contributed by atoms with Crippen molar-refractivity contribution < 1.29 is 5.11 Å². The van der Waals surface area contributed by atoms with Gasteiger partial charge in [0.15, 0.2) is 0 Å². The number of rotatable bonds is 7. The fraction of sp³-hybridized carbons (Fsp3) is 0.727. The van der Waals surface area contributed by atoms with Crippen molar-refractivity contribution in [1.29, 1.82) is 0 Å². The van der Waals surface area contributed by atoms with Crippen LogP contribution in [0, 0.1) is 11.3 Å². The topological polar surface area (TPSA) is 46.2 Å². The molecule has 0 bridgehead atoms. The first kappa shape index (κ1) is 23.0. The van der Waals surface area contributed by atoms with Gasteiger partial charge in [-0.15, -0.1) is 0 Å². The van der Waals surface area contributed by atoms with E-state index in [0.29, 0.717) is 11.2 Å². The highest BCUT2D eigenvalue weighted by molar-refractivity contribution is 5.30. The molecule has 1 aromatic rings. The Morgan fingerprint density at radius 1 is 1.00 bits per heavy atom. The van der Waals surface area contributed by atoms with Crippen LogP contribution < -0.4 is 5.73 Å². The molecule has 0 amide bonds. The summed E-state index contributed by atoms with van der Waals surface area (Å²) < 4.78 is 0. The van der Waals surface area contributed by atoms with E-state index in [4.69, 9.17) is 5.73 Å². The second kappa shape index (κ2) is 10.8. The van der Waals surface area contributed by atoms with E-state index in [1.165, 1.54) is 31.2 Å². The predicted molar refractivity (Wildman–Crippen MR) is 108 cm³/mol. The molecule has 140 valence electrons. The van der Waals surface area contributed by atoms with Crippen LogP contribution in [0.15, 0.2) is 24.3 Å². The van der Waals surface area contributed by atoms with Crippen LogP contribution in [0.4, 0.5) is 0 Å². The lowest BCUT2D eigenvalue weighted by atomic mass is 9.72. The van der Waals surface area contributed by atoms with Gasteiger partial charge in [0.1, 0.15) is 5.75 Å². The van der Waals surface area contributed by atoms with Crippen LogP contribution in [0.3, 0.4) is 0 Å². The summed E-state index contributed by atoms with van der Waals surface area (Å²) in [6.07, 6.45) is 6.34. The second-order valence-electron chi connectivity index (χ2n) is 8.82. The number of nitrogens with two attached hydrogens (primary N) is 1. The zero-order valence-corrected chi connectivity index (χ0v) is 17.2. The largest absolute Gasteiger partial charge is 0.508 e. The molecule has 1 atom stereocenters. The maximum absolute atomic E-state index is 9.25. The zero-order valence-electron chi connectivity index (χ0n) is 17.2. The van der Waals surface area contributed by atoms with E-state index in [1.807, 2.05) is 12.1 Å².